The van der Waals surface area contributed by atoms with E-state index in [1.807, 2.05) is 48.5 Å². The molecule has 144 valence electrons. The van der Waals surface area contributed by atoms with Gasteiger partial charge in [0.15, 0.2) is 0 Å². The van der Waals surface area contributed by atoms with E-state index in [0.717, 1.165) is 29.9 Å². The molecule has 1 unspecified atom stereocenters. The van der Waals surface area contributed by atoms with Crippen LogP contribution in [0.3, 0.4) is 0 Å². The minimum absolute atomic E-state index is 0.109. The number of benzene rings is 2. The zero-order chi connectivity index (χ0) is 19.3. The SMILES string of the molecule is O=C(NCC(c1cccc(Cl)c1)N1CCCC1)c1cn[nH]c1-c1ccccc1. The number of nitrogens with one attached hydrogen (secondary N) is 2. The molecule has 0 saturated carbocycles. The van der Waals surface area contributed by atoms with Gasteiger partial charge in [0.2, 0.25) is 0 Å². The van der Waals surface area contributed by atoms with Crippen LogP contribution in [0.5, 0.6) is 0 Å². The Kier molecular flexibility index (Phi) is 5.74. The molecule has 0 aliphatic carbocycles. The lowest BCUT2D eigenvalue weighted by atomic mass is 10.0. The van der Waals surface area contributed by atoms with Crippen LogP contribution in [-0.2, 0) is 0 Å². The topological polar surface area (TPSA) is 61.0 Å². The fourth-order valence-corrected chi connectivity index (χ4v) is 3.99. The first-order chi connectivity index (χ1) is 13.7. The Balaban J connectivity index is 1.52. The van der Waals surface area contributed by atoms with E-state index in [4.69, 9.17) is 11.6 Å². The lowest BCUT2D eigenvalue weighted by Gasteiger charge is -2.28. The molecule has 1 aromatic heterocycles. The molecule has 1 atom stereocenters. The van der Waals surface area contributed by atoms with Crippen molar-refractivity contribution in [3.05, 3.63) is 76.9 Å². The van der Waals surface area contributed by atoms with Crippen LogP contribution in [0.1, 0.15) is 34.8 Å². The molecule has 1 fully saturated rings. The highest BCUT2D eigenvalue weighted by molar-refractivity contribution is 6.30. The summed E-state index contributed by atoms with van der Waals surface area (Å²) in [6.45, 7) is 2.60. The van der Waals surface area contributed by atoms with Crippen LogP contribution in [0.25, 0.3) is 11.3 Å². The zero-order valence-corrected chi connectivity index (χ0v) is 16.3. The summed E-state index contributed by atoms with van der Waals surface area (Å²) in [5, 5.41) is 10.8. The first kappa shape index (κ1) is 18.7. The van der Waals surface area contributed by atoms with Crippen LogP contribution in [0.4, 0.5) is 0 Å². The van der Waals surface area contributed by atoms with Gasteiger partial charge in [0.05, 0.1) is 23.5 Å². The highest BCUT2D eigenvalue weighted by Gasteiger charge is 2.25. The van der Waals surface area contributed by atoms with Crippen molar-refractivity contribution in [3.8, 4) is 11.3 Å². The van der Waals surface area contributed by atoms with Gasteiger partial charge < -0.3 is 5.32 Å². The number of aromatic amines is 1. The van der Waals surface area contributed by atoms with Crippen LogP contribution in [0.15, 0.2) is 60.8 Å². The number of likely N-dealkylation sites (tertiary alicyclic amines) is 1. The predicted molar refractivity (Wildman–Crippen MR) is 111 cm³/mol. The minimum Gasteiger partial charge on any atom is -0.350 e. The molecule has 2 aromatic carbocycles. The van der Waals surface area contributed by atoms with E-state index in [0.29, 0.717) is 17.1 Å². The molecular formula is C22H23ClN4O. The van der Waals surface area contributed by atoms with Crippen molar-refractivity contribution in [1.29, 1.82) is 0 Å². The number of nitrogens with zero attached hydrogens (tertiary/aromatic N) is 2. The maximum Gasteiger partial charge on any atom is 0.255 e. The first-order valence-corrected chi connectivity index (χ1v) is 9.96. The normalized spacial score (nSPS) is 15.5. The molecule has 1 aliphatic rings. The number of carbonyl (C=O) groups excluding carboxylic acids is 1. The number of carbonyl (C=O) groups is 1. The van der Waals surface area contributed by atoms with Crippen LogP contribution in [-0.4, -0.2) is 40.6 Å². The average molecular weight is 395 g/mol. The number of hydrogen-bond acceptors (Lipinski definition) is 3. The molecular weight excluding hydrogens is 372 g/mol. The van der Waals surface area contributed by atoms with Crippen LogP contribution in [0, 0.1) is 0 Å². The molecule has 0 radical (unpaired) electrons. The standard InChI is InChI=1S/C22H23ClN4O/c23-18-10-6-9-17(13-18)20(27-11-4-5-12-27)15-24-22(28)19-14-25-26-21(19)16-7-2-1-3-8-16/h1-3,6-10,13-14,20H,4-5,11-12,15H2,(H,24,28)(H,25,26). The quantitative estimate of drug-likeness (QED) is 0.655. The Bertz CT molecular complexity index is 934. The molecule has 5 nitrogen and oxygen atoms in total. The maximum absolute atomic E-state index is 12.9. The zero-order valence-electron chi connectivity index (χ0n) is 15.6. The Labute approximate surface area is 169 Å². The van der Waals surface area contributed by atoms with E-state index in [1.54, 1.807) is 6.20 Å². The molecule has 1 amide bonds. The summed E-state index contributed by atoms with van der Waals surface area (Å²) in [5.74, 6) is -0.126. The van der Waals surface area contributed by atoms with Gasteiger partial charge in [-0.2, -0.15) is 5.10 Å². The average Bonchev–Trinajstić information content (AvgIpc) is 3.41. The molecule has 1 aliphatic heterocycles. The van der Waals surface area contributed by atoms with Gasteiger partial charge in [-0.15, -0.1) is 0 Å². The van der Waals surface area contributed by atoms with Gasteiger partial charge in [-0.3, -0.25) is 14.8 Å². The van der Waals surface area contributed by atoms with Crippen molar-refractivity contribution in [1.82, 2.24) is 20.4 Å². The third-order valence-corrected chi connectivity index (χ3v) is 5.45. The number of rotatable bonds is 6. The molecule has 2 heterocycles. The number of hydrogen-bond donors (Lipinski definition) is 2. The van der Waals surface area contributed by atoms with Crippen molar-refractivity contribution in [2.24, 2.45) is 0 Å². The Hall–Kier alpha value is -2.63. The van der Waals surface area contributed by atoms with E-state index < -0.39 is 0 Å². The molecule has 3 aromatic rings. The predicted octanol–water partition coefficient (Wildman–Crippen LogP) is 4.30. The summed E-state index contributed by atoms with van der Waals surface area (Å²) in [4.78, 5) is 15.3. The van der Waals surface area contributed by atoms with Crippen molar-refractivity contribution < 1.29 is 4.79 Å². The number of amides is 1. The summed E-state index contributed by atoms with van der Waals surface area (Å²) in [6, 6.07) is 17.8. The van der Waals surface area contributed by atoms with Crippen molar-refractivity contribution in [3.63, 3.8) is 0 Å². The highest BCUT2D eigenvalue weighted by Crippen LogP contribution is 2.27. The van der Waals surface area contributed by atoms with E-state index in [9.17, 15) is 4.79 Å². The summed E-state index contributed by atoms with van der Waals surface area (Å²) in [5.41, 5.74) is 3.36. The first-order valence-electron chi connectivity index (χ1n) is 9.59. The van der Waals surface area contributed by atoms with E-state index in [1.165, 1.54) is 12.8 Å². The van der Waals surface area contributed by atoms with Gasteiger partial charge in [-0.05, 0) is 43.6 Å². The molecule has 4 rings (SSSR count). The highest BCUT2D eigenvalue weighted by atomic mass is 35.5. The van der Waals surface area contributed by atoms with Crippen LogP contribution in [0.2, 0.25) is 5.02 Å². The maximum atomic E-state index is 12.9. The van der Waals surface area contributed by atoms with Crippen molar-refractivity contribution >= 4 is 17.5 Å². The molecule has 2 N–H and O–H groups in total. The van der Waals surface area contributed by atoms with Gasteiger partial charge in [-0.1, -0.05) is 54.1 Å². The van der Waals surface area contributed by atoms with Crippen molar-refractivity contribution in [2.45, 2.75) is 18.9 Å². The Morgan fingerprint density at radius 2 is 1.93 bits per heavy atom. The van der Waals surface area contributed by atoms with Crippen molar-refractivity contribution in [2.75, 3.05) is 19.6 Å². The molecule has 0 bridgehead atoms. The second-order valence-corrected chi connectivity index (χ2v) is 7.49. The van der Waals surface area contributed by atoms with Gasteiger partial charge in [-0.25, -0.2) is 0 Å². The fraction of sp³-hybridized carbons (Fsp3) is 0.273. The summed E-state index contributed by atoms with van der Waals surface area (Å²) in [6.07, 6.45) is 3.96. The molecule has 28 heavy (non-hydrogen) atoms. The number of H-pyrrole nitrogens is 1. The minimum atomic E-state index is -0.126. The monoisotopic (exact) mass is 394 g/mol. The lowest BCUT2D eigenvalue weighted by molar-refractivity contribution is 0.0938. The number of halogens is 1. The Morgan fingerprint density at radius 1 is 1.14 bits per heavy atom. The van der Waals surface area contributed by atoms with Gasteiger partial charge in [0.25, 0.3) is 5.91 Å². The molecule has 0 spiro atoms. The third kappa shape index (κ3) is 4.11. The van der Waals surface area contributed by atoms with E-state index in [-0.39, 0.29) is 11.9 Å². The third-order valence-electron chi connectivity index (χ3n) is 5.22. The van der Waals surface area contributed by atoms with E-state index in [2.05, 4.69) is 26.5 Å². The summed E-state index contributed by atoms with van der Waals surface area (Å²) >= 11 is 6.21. The van der Waals surface area contributed by atoms with Gasteiger partial charge in [0, 0.05) is 17.1 Å². The smallest absolute Gasteiger partial charge is 0.255 e. The lowest BCUT2D eigenvalue weighted by Crippen LogP contribution is -2.36. The second-order valence-electron chi connectivity index (χ2n) is 7.05. The fourth-order valence-electron chi connectivity index (χ4n) is 3.79. The van der Waals surface area contributed by atoms with Crippen LogP contribution < -0.4 is 5.32 Å². The summed E-state index contributed by atoms with van der Waals surface area (Å²) < 4.78 is 0. The molecule has 1 saturated heterocycles. The number of aromatic nitrogens is 2. The van der Waals surface area contributed by atoms with Gasteiger partial charge in [0.1, 0.15) is 0 Å². The summed E-state index contributed by atoms with van der Waals surface area (Å²) in [7, 11) is 0. The largest absolute Gasteiger partial charge is 0.350 e. The molecule has 6 heteroatoms. The van der Waals surface area contributed by atoms with Gasteiger partial charge >= 0.3 is 0 Å². The van der Waals surface area contributed by atoms with Crippen LogP contribution >= 0.6 is 11.6 Å². The Morgan fingerprint density at radius 3 is 2.68 bits per heavy atom. The van der Waals surface area contributed by atoms with E-state index >= 15 is 0 Å². The second kappa shape index (κ2) is 8.59.